The number of rotatable bonds is 6. The lowest BCUT2D eigenvalue weighted by atomic mass is 10.1. The van der Waals surface area contributed by atoms with E-state index in [1.807, 2.05) is 39.0 Å². The van der Waals surface area contributed by atoms with E-state index >= 15 is 0 Å². The van der Waals surface area contributed by atoms with Crippen molar-refractivity contribution < 1.29 is 14.0 Å². The van der Waals surface area contributed by atoms with Crippen molar-refractivity contribution in [1.29, 1.82) is 0 Å². The summed E-state index contributed by atoms with van der Waals surface area (Å²) >= 11 is 1.29. The topological polar surface area (TPSA) is 61.8 Å². The van der Waals surface area contributed by atoms with Gasteiger partial charge in [-0.15, -0.1) is 0 Å². The van der Waals surface area contributed by atoms with Gasteiger partial charge in [0.1, 0.15) is 11.1 Å². The fraction of sp³-hybridized carbons (Fsp3) is 0.318. The molecule has 2 aromatic rings. The van der Waals surface area contributed by atoms with Gasteiger partial charge in [-0.05, 0) is 49.6 Å². The van der Waals surface area contributed by atoms with Gasteiger partial charge < -0.3 is 5.32 Å². The lowest BCUT2D eigenvalue weighted by Crippen LogP contribution is -2.34. The third kappa shape index (κ3) is 5.03. The SMILES string of the molecule is CCCN1C(=O)[C@@H](CC(=O)Nc2ccccc2F)SC1=Nc1cc(C)ccc1C. The molecule has 7 heteroatoms. The van der Waals surface area contributed by atoms with E-state index in [9.17, 15) is 14.0 Å². The van der Waals surface area contributed by atoms with Gasteiger partial charge in [0.15, 0.2) is 5.17 Å². The van der Waals surface area contributed by atoms with Gasteiger partial charge in [0.05, 0.1) is 11.4 Å². The maximum atomic E-state index is 13.8. The van der Waals surface area contributed by atoms with Gasteiger partial charge >= 0.3 is 0 Å². The fourth-order valence-electron chi connectivity index (χ4n) is 3.03. The molecule has 1 aliphatic heterocycles. The minimum absolute atomic E-state index is 0.0378. The Hall–Kier alpha value is -2.67. The van der Waals surface area contributed by atoms with Crippen molar-refractivity contribution in [1.82, 2.24) is 4.90 Å². The van der Waals surface area contributed by atoms with Crippen molar-refractivity contribution in [3.05, 3.63) is 59.4 Å². The minimum atomic E-state index is -0.572. The van der Waals surface area contributed by atoms with Gasteiger partial charge in [-0.2, -0.15) is 0 Å². The molecule has 29 heavy (non-hydrogen) atoms. The number of carbonyl (C=O) groups excluding carboxylic acids is 2. The zero-order valence-corrected chi connectivity index (χ0v) is 17.6. The van der Waals surface area contributed by atoms with Crippen molar-refractivity contribution in [3.8, 4) is 0 Å². The van der Waals surface area contributed by atoms with Crippen LogP contribution in [0, 0.1) is 19.7 Å². The lowest BCUT2D eigenvalue weighted by molar-refractivity contribution is -0.128. The molecule has 5 nitrogen and oxygen atoms in total. The number of carbonyl (C=O) groups is 2. The van der Waals surface area contributed by atoms with E-state index in [-0.39, 0.29) is 18.0 Å². The van der Waals surface area contributed by atoms with Crippen molar-refractivity contribution in [3.63, 3.8) is 0 Å². The number of amides is 2. The summed E-state index contributed by atoms with van der Waals surface area (Å²) < 4.78 is 13.8. The molecule has 0 radical (unpaired) electrons. The number of anilines is 1. The summed E-state index contributed by atoms with van der Waals surface area (Å²) in [7, 11) is 0. The average Bonchev–Trinajstić information content (AvgIpc) is 2.96. The van der Waals surface area contributed by atoms with Gasteiger partial charge in [0, 0.05) is 13.0 Å². The van der Waals surface area contributed by atoms with Gasteiger partial charge in [-0.3, -0.25) is 14.5 Å². The molecule has 0 unspecified atom stereocenters. The third-order valence-corrected chi connectivity index (χ3v) is 5.74. The van der Waals surface area contributed by atoms with Crippen LogP contribution in [0.1, 0.15) is 30.9 Å². The van der Waals surface area contributed by atoms with E-state index in [0.29, 0.717) is 11.7 Å². The number of halogens is 1. The summed E-state index contributed by atoms with van der Waals surface area (Å²) in [5, 5.41) is 2.58. The first-order valence-corrected chi connectivity index (χ1v) is 10.5. The van der Waals surface area contributed by atoms with Crippen LogP contribution in [0.5, 0.6) is 0 Å². The summed E-state index contributed by atoms with van der Waals surface area (Å²) in [6.45, 7) is 6.51. The average molecular weight is 414 g/mol. The maximum absolute atomic E-state index is 13.8. The summed E-state index contributed by atoms with van der Waals surface area (Å²) in [6, 6.07) is 12.0. The molecule has 1 saturated heterocycles. The first-order chi connectivity index (χ1) is 13.9. The van der Waals surface area contributed by atoms with Crippen molar-refractivity contribution in [2.45, 2.75) is 38.9 Å². The van der Waals surface area contributed by atoms with E-state index < -0.39 is 17.0 Å². The lowest BCUT2D eigenvalue weighted by Gasteiger charge is -2.15. The third-order valence-electron chi connectivity index (χ3n) is 4.57. The normalized spacial score (nSPS) is 17.8. The molecule has 0 aromatic heterocycles. The van der Waals surface area contributed by atoms with Crippen molar-refractivity contribution in [2.75, 3.05) is 11.9 Å². The van der Waals surface area contributed by atoms with Gasteiger partial charge in [-0.1, -0.05) is 43.0 Å². The molecule has 1 heterocycles. The van der Waals surface area contributed by atoms with E-state index in [1.54, 1.807) is 17.0 Å². The number of nitrogens with zero attached hydrogens (tertiary/aromatic N) is 2. The highest BCUT2D eigenvalue weighted by Crippen LogP contribution is 2.33. The molecule has 0 bridgehead atoms. The Bertz CT molecular complexity index is 961. The molecule has 1 aliphatic rings. The number of nitrogens with one attached hydrogen (secondary N) is 1. The van der Waals surface area contributed by atoms with E-state index in [0.717, 1.165) is 23.2 Å². The summed E-state index contributed by atoms with van der Waals surface area (Å²) in [4.78, 5) is 31.6. The molecular formula is C22H24FN3O2S. The Morgan fingerprint density at radius 2 is 2.00 bits per heavy atom. The first-order valence-electron chi connectivity index (χ1n) is 9.57. The fourth-order valence-corrected chi connectivity index (χ4v) is 4.21. The number of benzene rings is 2. The van der Waals surface area contributed by atoms with Crippen LogP contribution in [0.4, 0.5) is 15.8 Å². The molecule has 1 fully saturated rings. The van der Waals surface area contributed by atoms with Gasteiger partial charge in [0.2, 0.25) is 11.8 Å². The number of hydrogen-bond acceptors (Lipinski definition) is 4. The smallest absolute Gasteiger partial charge is 0.242 e. The highest BCUT2D eigenvalue weighted by Gasteiger charge is 2.38. The summed E-state index contributed by atoms with van der Waals surface area (Å²) in [5.74, 6) is -1.04. The molecule has 3 rings (SSSR count). The first kappa shape index (κ1) is 21.0. The predicted molar refractivity (Wildman–Crippen MR) is 116 cm³/mol. The molecular weight excluding hydrogens is 389 g/mol. The Kier molecular flexibility index (Phi) is 6.69. The molecule has 0 saturated carbocycles. The van der Waals surface area contributed by atoms with Gasteiger partial charge in [0.25, 0.3) is 0 Å². The predicted octanol–water partition coefficient (Wildman–Crippen LogP) is 4.81. The minimum Gasteiger partial charge on any atom is -0.324 e. The number of para-hydroxylation sites is 1. The monoisotopic (exact) mass is 413 g/mol. The highest BCUT2D eigenvalue weighted by molar-refractivity contribution is 8.15. The zero-order valence-electron chi connectivity index (χ0n) is 16.7. The van der Waals surface area contributed by atoms with Crippen molar-refractivity contribution >= 4 is 40.1 Å². The number of amidine groups is 1. The van der Waals surface area contributed by atoms with E-state index in [4.69, 9.17) is 4.99 Å². The van der Waals surface area contributed by atoms with Crippen LogP contribution >= 0.6 is 11.8 Å². The number of aryl methyl sites for hydroxylation is 2. The second kappa shape index (κ2) is 9.22. The Morgan fingerprint density at radius 1 is 1.24 bits per heavy atom. The second-order valence-corrected chi connectivity index (χ2v) is 8.18. The highest BCUT2D eigenvalue weighted by atomic mass is 32.2. The van der Waals surface area contributed by atoms with Crippen LogP contribution in [0.3, 0.4) is 0 Å². The number of hydrogen-bond donors (Lipinski definition) is 1. The van der Waals surface area contributed by atoms with Crippen LogP contribution in [0.2, 0.25) is 0 Å². The number of aliphatic imine (C=N–C) groups is 1. The largest absolute Gasteiger partial charge is 0.324 e. The Labute approximate surface area is 174 Å². The van der Waals surface area contributed by atoms with Crippen molar-refractivity contribution in [2.24, 2.45) is 4.99 Å². The van der Waals surface area contributed by atoms with Crippen LogP contribution in [0.25, 0.3) is 0 Å². The molecule has 2 aromatic carbocycles. The molecule has 0 spiro atoms. The van der Waals surface area contributed by atoms with Gasteiger partial charge in [-0.25, -0.2) is 9.38 Å². The zero-order chi connectivity index (χ0) is 21.0. The maximum Gasteiger partial charge on any atom is 0.242 e. The van der Waals surface area contributed by atoms with Crippen LogP contribution < -0.4 is 5.32 Å². The van der Waals surface area contributed by atoms with Crippen LogP contribution in [0.15, 0.2) is 47.5 Å². The molecule has 152 valence electrons. The Balaban J connectivity index is 1.78. The summed E-state index contributed by atoms with van der Waals surface area (Å²) in [6.07, 6.45) is 0.746. The Morgan fingerprint density at radius 3 is 2.72 bits per heavy atom. The van der Waals surface area contributed by atoms with Crippen LogP contribution in [-0.2, 0) is 9.59 Å². The number of thioether (sulfide) groups is 1. The molecule has 0 aliphatic carbocycles. The van der Waals surface area contributed by atoms with E-state index in [1.165, 1.54) is 23.9 Å². The second-order valence-electron chi connectivity index (χ2n) is 7.01. The van der Waals surface area contributed by atoms with E-state index in [2.05, 4.69) is 5.32 Å². The summed E-state index contributed by atoms with van der Waals surface area (Å²) in [5.41, 5.74) is 3.04. The molecule has 1 N–H and O–H groups in total. The standard InChI is InChI=1S/C22H24FN3O2S/c1-4-11-26-21(28)19(13-20(27)24-17-8-6-5-7-16(17)23)29-22(26)25-18-12-14(2)9-10-15(18)3/h5-10,12,19H,4,11,13H2,1-3H3,(H,24,27)/t19-/m1/s1. The van der Waals surface area contributed by atoms with Crippen LogP contribution in [-0.4, -0.2) is 33.7 Å². The quantitative estimate of drug-likeness (QED) is 0.739. The molecule has 1 atom stereocenters. The molecule has 2 amide bonds.